The molecule has 1 aromatic carbocycles. The van der Waals surface area contributed by atoms with Crippen LogP contribution < -0.4 is 4.74 Å². The Morgan fingerprint density at radius 2 is 2.14 bits per heavy atom. The monoisotopic (exact) mass is 323 g/mol. The van der Waals surface area contributed by atoms with E-state index in [1.165, 1.54) is 18.2 Å². The number of aliphatic hydroxyl groups excluding tert-OH is 1. The summed E-state index contributed by atoms with van der Waals surface area (Å²) in [6, 6.07) is 5.85. The Labute approximate surface area is 132 Å². The van der Waals surface area contributed by atoms with E-state index in [4.69, 9.17) is 16.3 Å². The van der Waals surface area contributed by atoms with Gasteiger partial charge in [0.2, 0.25) is 0 Å². The zero-order chi connectivity index (χ0) is 16.1. The molecule has 2 atom stereocenters. The number of pyridine rings is 1. The molecule has 0 amide bonds. The highest BCUT2D eigenvalue weighted by Crippen LogP contribution is 2.44. The fourth-order valence-electron chi connectivity index (χ4n) is 2.44. The second-order valence-corrected chi connectivity index (χ2v) is 6.05. The first-order valence-electron chi connectivity index (χ1n) is 6.83. The first-order valence-corrected chi connectivity index (χ1v) is 7.21. The van der Waals surface area contributed by atoms with Crippen LogP contribution in [-0.4, -0.2) is 21.8 Å². The molecule has 4 nitrogen and oxygen atoms in total. The lowest BCUT2D eigenvalue weighted by atomic mass is 9.95. The third-order valence-corrected chi connectivity index (χ3v) is 3.98. The molecule has 2 aromatic rings. The molecule has 1 aliphatic heterocycles. The number of halogens is 2. The van der Waals surface area contributed by atoms with E-state index in [-0.39, 0.29) is 11.6 Å². The van der Waals surface area contributed by atoms with E-state index in [2.05, 4.69) is 4.98 Å². The number of nitrogens with zero attached hydrogens (tertiary/aromatic N) is 1. The van der Waals surface area contributed by atoms with Gasteiger partial charge in [-0.15, -0.1) is 0 Å². The van der Waals surface area contributed by atoms with Gasteiger partial charge in [-0.05, 0) is 38.1 Å². The Morgan fingerprint density at radius 3 is 2.77 bits per heavy atom. The molecule has 0 spiro atoms. The average Bonchev–Trinajstić information content (AvgIpc) is 2.77. The summed E-state index contributed by atoms with van der Waals surface area (Å²) >= 11 is 5.83. The summed E-state index contributed by atoms with van der Waals surface area (Å²) in [6.45, 7) is 3.31. The van der Waals surface area contributed by atoms with E-state index in [1.807, 2.05) is 0 Å². The zero-order valence-electron chi connectivity index (χ0n) is 12.1. The van der Waals surface area contributed by atoms with Gasteiger partial charge >= 0.3 is 0 Å². The number of aromatic nitrogens is 1. The molecule has 22 heavy (non-hydrogen) atoms. The largest absolute Gasteiger partial charge is 0.488 e. The van der Waals surface area contributed by atoms with E-state index in [1.54, 1.807) is 19.9 Å². The topological polar surface area (TPSA) is 62.6 Å². The predicted molar refractivity (Wildman–Crippen MR) is 80.3 cm³/mol. The van der Waals surface area contributed by atoms with Gasteiger partial charge in [0.05, 0.1) is 16.8 Å². The molecule has 0 bridgehead atoms. The lowest BCUT2D eigenvalue weighted by molar-refractivity contribution is 0.0349. The fourth-order valence-corrected chi connectivity index (χ4v) is 2.62. The Balaban J connectivity index is 2.25. The van der Waals surface area contributed by atoms with Gasteiger partial charge in [-0.1, -0.05) is 11.6 Å². The third kappa shape index (κ3) is 2.45. The highest BCUT2D eigenvalue weighted by Gasteiger charge is 2.37. The van der Waals surface area contributed by atoms with Crippen molar-refractivity contribution >= 4 is 11.6 Å². The molecule has 6 heteroatoms. The van der Waals surface area contributed by atoms with Crippen LogP contribution in [0.15, 0.2) is 24.3 Å². The zero-order valence-corrected chi connectivity index (χ0v) is 12.9. The molecule has 0 radical (unpaired) electrons. The molecule has 2 unspecified atom stereocenters. The number of hydrogen-bond acceptors (Lipinski definition) is 4. The van der Waals surface area contributed by atoms with Crippen LogP contribution in [0.1, 0.15) is 31.2 Å². The maximum atomic E-state index is 13.4. The Morgan fingerprint density at radius 1 is 1.41 bits per heavy atom. The fraction of sp³-hybridized carbons (Fsp3) is 0.312. The van der Waals surface area contributed by atoms with E-state index >= 15 is 0 Å². The van der Waals surface area contributed by atoms with E-state index < -0.39 is 17.5 Å². The highest BCUT2D eigenvalue weighted by molar-refractivity contribution is 6.31. The summed E-state index contributed by atoms with van der Waals surface area (Å²) in [5.74, 6) is -0.0984. The molecule has 2 heterocycles. The van der Waals surface area contributed by atoms with Crippen molar-refractivity contribution in [1.82, 2.24) is 4.98 Å². The third-order valence-electron chi connectivity index (χ3n) is 3.69. The Kier molecular flexibility index (Phi) is 3.59. The van der Waals surface area contributed by atoms with Gasteiger partial charge in [0.1, 0.15) is 23.7 Å². The average molecular weight is 324 g/mol. The van der Waals surface area contributed by atoms with Gasteiger partial charge in [-0.3, -0.25) is 0 Å². The van der Waals surface area contributed by atoms with Crippen LogP contribution >= 0.6 is 11.6 Å². The van der Waals surface area contributed by atoms with Crippen LogP contribution in [0.25, 0.3) is 11.3 Å². The molecule has 1 aliphatic rings. The molecule has 3 rings (SSSR count). The highest BCUT2D eigenvalue weighted by atomic mass is 35.5. The summed E-state index contributed by atoms with van der Waals surface area (Å²) in [5, 5.41) is 20.2. The van der Waals surface area contributed by atoms with Gasteiger partial charge in [-0.25, -0.2) is 9.37 Å². The van der Waals surface area contributed by atoms with Gasteiger partial charge in [0.25, 0.3) is 0 Å². The van der Waals surface area contributed by atoms with Crippen molar-refractivity contribution in [2.45, 2.75) is 25.6 Å². The molecule has 0 fully saturated rings. The van der Waals surface area contributed by atoms with Crippen LogP contribution in [0.2, 0.25) is 5.02 Å². The van der Waals surface area contributed by atoms with Crippen molar-refractivity contribution in [3.05, 3.63) is 46.4 Å². The second kappa shape index (κ2) is 5.19. The van der Waals surface area contributed by atoms with E-state index in [9.17, 15) is 14.6 Å². The van der Waals surface area contributed by atoms with Crippen molar-refractivity contribution in [2.75, 3.05) is 6.61 Å². The van der Waals surface area contributed by atoms with Crippen molar-refractivity contribution < 1.29 is 19.3 Å². The summed E-state index contributed by atoms with van der Waals surface area (Å²) in [5.41, 5.74) is 0.769. The minimum absolute atomic E-state index is 0.0275. The molecule has 1 aromatic heterocycles. The molecule has 2 N–H and O–H groups in total. The first-order chi connectivity index (χ1) is 10.3. The van der Waals surface area contributed by atoms with Crippen molar-refractivity contribution in [3.8, 4) is 17.0 Å². The first kappa shape index (κ1) is 15.2. The minimum Gasteiger partial charge on any atom is -0.488 e. The normalized spacial score (nSPS) is 21.4. The number of rotatable bonds is 2. The van der Waals surface area contributed by atoms with Gasteiger partial charge in [-0.2, -0.15) is 0 Å². The molecular weight excluding hydrogens is 309 g/mol. The Bertz CT molecular complexity index is 746. The lowest BCUT2D eigenvalue weighted by Crippen LogP contribution is -2.22. The number of aliphatic hydroxyl groups is 2. The number of ether oxygens (including phenoxy) is 1. The standard InChI is InChI=1S/C16H15ClFNO3/c1-8(20)13-6-10-15(22-7-16(10,2)21)14(19-13)9-3-4-12(18)11(17)5-9/h3-6,8,20-21H,7H2,1-2H3. The number of benzene rings is 1. The summed E-state index contributed by atoms with van der Waals surface area (Å²) in [6.07, 6.45) is -0.809. The molecule has 0 aliphatic carbocycles. The van der Waals surface area contributed by atoms with Crippen LogP contribution in [0.3, 0.4) is 0 Å². The van der Waals surface area contributed by atoms with E-state index in [0.717, 1.165) is 0 Å². The molecular formula is C16H15ClFNO3. The Hall–Kier alpha value is -1.69. The molecule has 0 saturated heterocycles. The van der Waals surface area contributed by atoms with Crippen LogP contribution in [0.5, 0.6) is 5.75 Å². The van der Waals surface area contributed by atoms with Crippen molar-refractivity contribution in [2.24, 2.45) is 0 Å². The van der Waals surface area contributed by atoms with Crippen LogP contribution in [-0.2, 0) is 5.60 Å². The maximum absolute atomic E-state index is 13.4. The summed E-state index contributed by atoms with van der Waals surface area (Å²) in [7, 11) is 0. The predicted octanol–water partition coefficient (Wildman–Crippen LogP) is 3.19. The van der Waals surface area contributed by atoms with Crippen molar-refractivity contribution in [3.63, 3.8) is 0 Å². The summed E-state index contributed by atoms with van der Waals surface area (Å²) < 4.78 is 18.9. The quantitative estimate of drug-likeness (QED) is 0.891. The van der Waals surface area contributed by atoms with Gasteiger partial charge < -0.3 is 14.9 Å². The molecule has 0 saturated carbocycles. The van der Waals surface area contributed by atoms with Gasteiger partial charge in [0.15, 0.2) is 5.75 Å². The number of hydrogen-bond donors (Lipinski definition) is 2. The van der Waals surface area contributed by atoms with Crippen LogP contribution in [0, 0.1) is 5.82 Å². The van der Waals surface area contributed by atoms with Crippen LogP contribution in [0.4, 0.5) is 4.39 Å². The van der Waals surface area contributed by atoms with Crippen molar-refractivity contribution in [1.29, 1.82) is 0 Å². The summed E-state index contributed by atoms with van der Waals surface area (Å²) in [4.78, 5) is 4.38. The SMILES string of the molecule is CC(O)c1cc2c(c(-c3ccc(F)c(Cl)c3)n1)OCC2(C)O. The second-order valence-electron chi connectivity index (χ2n) is 5.64. The lowest BCUT2D eigenvalue weighted by Gasteiger charge is -2.16. The number of fused-ring (bicyclic) bond motifs is 1. The minimum atomic E-state index is -1.17. The molecule has 116 valence electrons. The van der Waals surface area contributed by atoms with E-state index in [0.29, 0.717) is 28.3 Å². The van der Waals surface area contributed by atoms with Gasteiger partial charge in [0, 0.05) is 11.1 Å². The maximum Gasteiger partial charge on any atom is 0.151 e. The smallest absolute Gasteiger partial charge is 0.151 e.